The van der Waals surface area contributed by atoms with Gasteiger partial charge in [-0.3, -0.25) is 4.79 Å². The van der Waals surface area contributed by atoms with Crippen LogP contribution in [-0.2, 0) is 4.74 Å². The maximum atomic E-state index is 12.9. The molecule has 1 N–H and O–H groups in total. The van der Waals surface area contributed by atoms with Crippen molar-refractivity contribution in [1.29, 1.82) is 0 Å². The molecule has 0 bridgehead atoms. The molecule has 1 aliphatic carbocycles. The van der Waals surface area contributed by atoms with Crippen molar-refractivity contribution >= 4 is 29.0 Å². The van der Waals surface area contributed by atoms with Gasteiger partial charge in [0.15, 0.2) is 12.4 Å². The van der Waals surface area contributed by atoms with Crippen molar-refractivity contribution in [1.82, 2.24) is 0 Å². The number of carbonyl (C=O) groups is 2. The van der Waals surface area contributed by atoms with E-state index in [2.05, 4.69) is 29.6 Å². The lowest BCUT2D eigenvalue weighted by atomic mass is 9.76. The van der Waals surface area contributed by atoms with Gasteiger partial charge in [0.05, 0.1) is 11.6 Å². The fourth-order valence-electron chi connectivity index (χ4n) is 5.50. The van der Waals surface area contributed by atoms with Gasteiger partial charge in [0.1, 0.15) is 0 Å². The van der Waals surface area contributed by atoms with Gasteiger partial charge in [-0.2, -0.15) is 0 Å². The summed E-state index contributed by atoms with van der Waals surface area (Å²) in [5.74, 6) is -0.192. The lowest BCUT2D eigenvalue weighted by molar-refractivity contribution is 0.0474. The van der Waals surface area contributed by atoms with Crippen LogP contribution in [0, 0.1) is 5.92 Å². The summed E-state index contributed by atoms with van der Waals surface area (Å²) in [6.07, 6.45) is 5.39. The number of nitrogens with one attached hydrogen (secondary N) is 1. The highest BCUT2D eigenvalue weighted by molar-refractivity contribution is 6.30. The van der Waals surface area contributed by atoms with E-state index in [9.17, 15) is 9.59 Å². The molecule has 1 aliphatic heterocycles. The lowest BCUT2D eigenvalue weighted by Gasteiger charge is -2.37. The van der Waals surface area contributed by atoms with E-state index in [0.717, 1.165) is 33.8 Å². The number of benzene rings is 4. The number of ketones is 1. The van der Waals surface area contributed by atoms with Crippen LogP contribution >= 0.6 is 11.6 Å². The Morgan fingerprint density at radius 2 is 1.55 bits per heavy atom. The predicted molar refractivity (Wildman–Crippen MR) is 151 cm³/mol. The van der Waals surface area contributed by atoms with Gasteiger partial charge in [-0.15, -0.1) is 0 Å². The van der Waals surface area contributed by atoms with Gasteiger partial charge >= 0.3 is 5.97 Å². The largest absolute Gasteiger partial charge is 0.454 e. The molecule has 0 saturated heterocycles. The molecule has 0 radical (unpaired) electrons. The monoisotopic (exact) mass is 519 g/mol. The molecule has 3 atom stereocenters. The van der Waals surface area contributed by atoms with Crippen molar-refractivity contribution in [2.24, 2.45) is 5.92 Å². The van der Waals surface area contributed by atoms with Crippen LogP contribution in [0.5, 0.6) is 0 Å². The molecule has 188 valence electrons. The molecular weight excluding hydrogens is 494 g/mol. The molecule has 0 amide bonds. The first-order chi connectivity index (χ1) is 18.6. The van der Waals surface area contributed by atoms with E-state index in [4.69, 9.17) is 16.3 Å². The summed E-state index contributed by atoms with van der Waals surface area (Å²) in [4.78, 5) is 25.6. The minimum absolute atomic E-state index is 0.156. The molecule has 5 heteroatoms. The summed E-state index contributed by atoms with van der Waals surface area (Å²) in [6.45, 7) is -0.302. The van der Waals surface area contributed by atoms with Gasteiger partial charge in [0.2, 0.25) is 0 Å². The van der Waals surface area contributed by atoms with Crippen molar-refractivity contribution in [2.45, 2.75) is 18.4 Å². The maximum Gasteiger partial charge on any atom is 0.338 e. The van der Waals surface area contributed by atoms with Gasteiger partial charge in [-0.05, 0) is 64.9 Å². The number of rotatable bonds is 6. The molecule has 2 aliphatic rings. The summed E-state index contributed by atoms with van der Waals surface area (Å²) in [5.41, 5.74) is 6.34. The van der Waals surface area contributed by atoms with Crippen molar-refractivity contribution in [2.75, 3.05) is 11.9 Å². The molecule has 0 aromatic heterocycles. The minimum Gasteiger partial charge on any atom is -0.454 e. The van der Waals surface area contributed by atoms with Gasteiger partial charge in [0, 0.05) is 22.2 Å². The molecular formula is C33H26ClNO3. The van der Waals surface area contributed by atoms with Crippen molar-refractivity contribution < 1.29 is 14.3 Å². The predicted octanol–water partition coefficient (Wildman–Crippen LogP) is 7.87. The molecule has 0 spiro atoms. The Labute approximate surface area is 226 Å². The summed E-state index contributed by atoms with van der Waals surface area (Å²) < 4.78 is 5.42. The molecule has 4 nitrogen and oxygen atoms in total. The third kappa shape index (κ3) is 4.75. The van der Waals surface area contributed by atoms with Gasteiger partial charge in [0.25, 0.3) is 0 Å². The maximum absolute atomic E-state index is 12.9. The van der Waals surface area contributed by atoms with Crippen molar-refractivity contribution in [3.8, 4) is 11.1 Å². The topological polar surface area (TPSA) is 55.4 Å². The number of allylic oxidation sites excluding steroid dienone is 2. The summed E-state index contributed by atoms with van der Waals surface area (Å²) >= 11 is 6.10. The van der Waals surface area contributed by atoms with Crippen LogP contribution < -0.4 is 5.32 Å². The quantitative estimate of drug-likeness (QED) is 0.160. The molecule has 4 aromatic rings. The van der Waals surface area contributed by atoms with Crippen LogP contribution in [0.25, 0.3) is 11.1 Å². The Kier molecular flexibility index (Phi) is 6.57. The van der Waals surface area contributed by atoms with Gasteiger partial charge in [-0.25, -0.2) is 4.79 Å². The number of anilines is 1. The molecule has 6 rings (SSSR count). The first-order valence-electron chi connectivity index (χ1n) is 12.8. The van der Waals surface area contributed by atoms with Crippen molar-refractivity contribution in [3.63, 3.8) is 0 Å². The molecule has 1 heterocycles. The second kappa shape index (κ2) is 10.3. The van der Waals surface area contributed by atoms with Crippen LogP contribution in [0.3, 0.4) is 0 Å². The first-order valence-corrected chi connectivity index (χ1v) is 13.1. The third-order valence-corrected chi connectivity index (χ3v) is 7.73. The number of hydrogen-bond acceptors (Lipinski definition) is 4. The second-order valence-electron chi connectivity index (χ2n) is 9.77. The summed E-state index contributed by atoms with van der Waals surface area (Å²) in [5, 5.41) is 4.39. The van der Waals surface area contributed by atoms with Crippen LogP contribution in [0.15, 0.2) is 109 Å². The average Bonchev–Trinajstić information content (AvgIpc) is 3.47. The Bertz CT molecular complexity index is 1510. The van der Waals surface area contributed by atoms with Crippen LogP contribution in [0.2, 0.25) is 5.02 Å². The fourth-order valence-corrected chi connectivity index (χ4v) is 5.62. The van der Waals surface area contributed by atoms with Crippen molar-refractivity contribution in [3.05, 3.63) is 136 Å². The number of esters is 1. The number of carbonyl (C=O) groups excluding carboxylic acids is 2. The zero-order valence-corrected chi connectivity index (χ0v) is 21.4. The molecule has 0 fully saturated rings. The summed E-state index contributed by atoms with van der Waals surface area (Å²) in [6, 6.07) is 31.0. The molecule has 0 saturated carbocycles. The number of Topliss-reactive ketones (excluding diaryl/α,β-unsaturated/α-hetero) is 1. The van der Waals surface area contributed by atoms with Crippen LogP contribution in [0.1, 0.15) is 50.2 Å². The fraction of sp³-hybridized carbons (Fsp3) is 0.152. The number of ether oxygens (including phenoxy) is 1. The Morgan fingerprint density at radius 3 is 2.32 bits per heavy atom. The number of fused-ring (bicyclic) bond motifs is 3. The van der Waals surface area contributed by atoms with E-state index in [1.807, 2.05) is 66.7 Å². The smallest absolute Gasteiger partial charge is 0.338 e. The zero-order chi connectivity index (χ0) is 26.1. The highest BCUT2D eigenvalue weighted by Crippen LogP contribution is 2.50. The van der Waals surface area contributed by atoms with E-state index >= 15 is 0 Å². The zero-order valence-electron chi connectivity index (χ0n) is 20.6. The highest BCUT2D eigenvalue weighted by Gasteiger charge is 2.38. The number of halogens is 1. The van der Waals surface area contributed by atoms with Gasteiger partial charge in [-0.1, -0.05) is 90.5 Å². The van der Waals surface area contributed by atoms with E-state index in [-0.39, 0.29) is 24.3 Å². The van der Waals surface area contributed by atoms with Crippen LogP contribution in [0.4, 0.5) is 5.69 Å². The summed E-state index contributed by atoms with van der Waals surface area (Å²) in [7, 11) is 0. The first kappa shape index (κ1) is 24.2. The third-order valence-electron chi connectivity index (χ3n) is 7.48. The molecule has 0 unspecified atom stereocenters. The second-order valence-corrected chi connectivity index (χ2v) is 10.2. The van der Waals surface area contributed by atoms with Crippen LogP contribution in [-0.4, -0.2) is 18.4 Å². The Hall–Kier alpha value is -4.15. The Morgan fingerprint density at radius 1 is 0.842 bits per heavy atom. The number of hydrogen-bond donors (Lipinski definition) is 1. The highest BCUT2D eigenvalue weighted by atomic mass is 35.5. The average molecular weight is 520 g/mol. The normalized spacial score (nSPS) is 19.2. The molecule has 4 aromatic carbocycles. The van der Waals surface area contributed by atoms with Gasteiger partial charge < -0.3 is 10.1 Å². The standard InChI is InChI=1S/C33H26ClNO3/c34-26-16-13-24(14-17-26)32-28-8-4-7-27(28)29-19-25(15-18-30(29)35-32)33(37)38-20-31(36)23-11-9-22(10-12-23)21-5-2-1-3-6-21/h1-7,9-19,27-28,32,35H,8,20H2/t27-,28+,32-/m0/s1. The van der Waals surface area contributed by atoms with E-state index in [1.165, 1.54) is 5.56 Å². The van der Waals surface area contributed by atoms with E-state index in [0.29, 0.717) is 17.0 Å². The van der Waals surface area contributed by atoms with E-state index < -0.39 is 5.97 Å². The Balaban J connectivity index is 1.14. The SMILES string of the molecule is O=C(COC(=O)c1ccc2c(c1)[C@H]1C=CC[C@H]1[C@H](c1ccc(Cl)cc1)N2)c1ccc(-c2ccccc2)cc1. The minimum atomic E-state index is -0.500. The lowest BCUT2D eigenvalue weighted by Crippen LogP contribution is -2.29. The molecule has 38 heavy (non-hydrogen) atoms. The van der Waals surface area contributed by atoms with E-state index in [1.54, 1.807) is 18.2 Å².